The molecule has 0 fully saturated rings. The maximum Gasteiger partial charge on any atom is 0.123 e. The average Bonchev–Trinajstić information content (AvgIpc) is 2.54. The number of ether oxygens (including phenoxy) is 1. The molecule has 0 spiro atoms. The molecular formula is C17H19N3O. The number of rotatable bonds is 5. The Labute approximate surface area is 125 Å². The molecule has 0 aliphatic rings. The first-order chi connectivity index (χ1) is 10.2. The second-order valence-corrected chi connectivity index (χ2v) is 4.84. The third-order valence-electron chi connectivity index (χ3n) is 3.43. The van der Waals surface area contributed by atoms with Crippen LogP contribution in [0.3, 0.4) is 0 Å². The van der Waals surface area contributed by atoms with Gasteiger partial charge in [0.2, 0.25) is 0 Å². The summed E-state index contributed by atoms with van der Waals surface area (Å²) >= 11 is 0. The van der Waals surface area contributed by atoms with E-state index in [2.05, 4.69) is 6.07 Å². The van der Waals surface area contributed by atoms with Gasteiger partial charge in [-0.15, -0.1) is 0 Å². The van der Waals surface area contributed by atoms with Gasteiger partial charge < -0.3 is 15.4 Å². The molecule has 0 aliphatic carbocycles. The van der Waals surface area contributed by atoms with Crippen molar-refractivity contribution in [3.05, 3.63) is 59.2 Å². The highest BCUT2D eigenvalue weighted by molar-refractivity contribution is 5.60. The molecule has 2 N–H and O–H groups in total. The fourth-order valence-corrected chi connectivity index (χ4v) is 2.31. The van der Waals surface area contributed by atoms with Crippen LogP contribution in [0.1, 0.15) is 16.7 Å². The van der Waals surface area contributed by atoms with Crippen LogP contribution < -0.4 is 15.4 Å². The Morgan fingerprint density at radius 1 is 1.24 bits per heavy atom. The Morgan fingerprint density at radius 3 is 2.67 bits per heavy atom. The second kappa shape index (κ2) is 6.78. The van der Waals surface area contributed by atoms with Gasteiger partial charge in [0.1, 0.15) is 11.8 Å². The van der Waals surface area contributed by atoms with Crippen molar-refractivity contribution in [2.75, 3.05) is 19.1 Å². The molecule has 0 saturated carbocycles. The zero-order valence-corrected chi connectivity index (χ0v) is 12.3. The van der Waals surface area contributed by atoms with Crippen molar-refractivity contribution in [2.45, 2.75) is 13.1 Å². The minimum Gasteiger partial charge on any atom is -0.496 e. The number of hydrogen-bond acceptors (Lipinski definition) is 4. The topological polar surface area (TPSA) is 62.3 Å². The van der Waals surface area contributed by atoms with Crippen LogP contribution in [0.15, 0.2) is 42.5 Å². The van der Waals surface area contributed by atoms with Gasteiger partial charge in [-0.2, -0.15) is 5.26 Å². The van der Waals surface area contributed by atoms with E-state index in [-0.39, 0.29) is 0 Å². The van der Waals surface area contributed by atoms with E-state index in [1.54, 1.807) is 7.11 Å². The number of nitriles is 1. The summed E-state index contributed by atoms with van der Waals surface area (Å²) in [4.78, 5) is 2.04. The van der Waals surface area contributed by atoms with Crippen LogP contribution in [-0.4, -0.2) is 14.2 Å². The Morgan fingerprint density at radius 2 is 2.00 bits per heavy atom. The standard InChI is InChI=1S/C17H19N3O/c1-20(12-14-5-3-4-6-17(14)21-2)16-8-7-13(10-18)9-15(16)11-19/h3-9H,10,12,18H2,1-2H3. The number of benzene rings is 2. The third-order valence-corrected chi connectivity index (χ3v) is 3.43. The molecule has 2 rings (SSSR count). The summed E-state index contributed by atoms with van der Waals surface area (Å²) in [7, 11) is 3.63. The number of nitrogens with zero attached hydrogens (tertiary/aromatic N) is 2. The van der Waals surface area contributed by atoms with Crippen LogP contribution in [-0.2, 0) is 13.1 Å². The van der Waals surface area contributed by atoms with Gasteiger partial charge in [-0.05, 0) is 23.8 Å². The molecule has 0 heterocycles. The van der Waals surface area contributed by atoms with E-state index in [4.69, 9.17) is 10.5 Å². The molecule has 0 radical (unpaired) electrons. The zero-order chi connectivity index (χ0) is 15.2. The van der Waals surface area contributed by atoms with Crippen molar-refractivity contribution in [2.24, 2.45) is 5.73 Å². The molecule has 2 aromatic rings. The molecule has 4 heteroatoms. The normalized spacial score (nSPS) is 10.0. The van der Waals surface area contributed by atoms with Gasteiger partial charge in [0.15, 0.2) is 0 Å². The summed E-state index contributed by atoms with van der Waals surface area (Å²) in [6.07, 6.45) is 0. The van der Waals surface area contributed by atoms with Gasteiger partial charge in [0.05, 0.1) is 18.4 Å². The molecule has 4 nitrogen and oxygen atoms in total. The minimum atomic E-state index is 0.436. The lowest BCUT2D eigenvalue weighted by atomic mass is 10.1. The quantitative estimate of drug-likeness (QED) is 0.915. The van der Waals surface area contributed by atoms with Crippen LogP contribution in [0.25, 0.3) is 0 Å². The first kappa shape index (κ1) is 14.9. The summed E-state index contributed by atoms with van der Waals surface area (Å²) in [5.41, 5.74) is 9.18. The van der Waals surface area contributed by atoms with E-state index in [9.17, 15) is 5.26 Å². The second-order valence-electron chi connectivity index (χ2n) is 4.84. The van der Waals surface area contributed by atoms with Crippen LogP contribution in [0, 0.1) is 11.3 Å². The van der Waals surface area contributed by atoms with E-state index < -0.39 is 0 Å². The minimum absolute atomic E-state index is 0.436. The lowest BCUT2D eigenvalue weighted by Crippen LogP contribution is -2.18. The van der Waals surface area contributed by atoms with Crippen molar-refractivity contribution in [1.82, 2.24) is 0 Å². The summed E-state index contributed by atoms with van der Waals surface area (Å²) in [6, 6.07) is 15.9. The molecule has 0 aromatic heterocycles. The van der Waals surface area contributed by atoms with Crippen LogP contribution >= 0.6 is 0 Å². The van der Waals surface area contributed by atoms with Gasteiger partial charge >= 0.3 is 0 Å². The highest BCUT2D eigenvalue weighted by Gasteiger charge is 2.11. The van der Waals surface area contributed by atoms with Crippen LogP contribution in [0.4, 0.5) is 5.69 Å². The highest BCUT2D eigenvalue weighted by Crippen LogP contribution is 2.25. The molecule has 108 valence electrons. The molecule has 0 atom stereocenters. The molecule has 0 aliphatic heterocycles. The van der Waals surface area contributed by atoms with E-state index in [0.717, 1.165) is 22.6 Å². The molecular weight excluding hydrogens is 262 g/mol. The number of hydrogen-bond donors (Lipinski definition) is 1. The summed E-state index contributed by atoms with van der Waals surface area (Å²) in [6.45, 7) is 1.10. The number of nitrogens with two attached hydrogens (primary N) is 1. The Bertz CT molecular complexity index is 661. The molecule has 0 unspecified atom stereocenters. The SMILES string of the molecule is COc1ccccc1CN(C)c1ccc(CN)cc1C#N. The smallest absolute Gasteiger partial charge is 0.123 e. The fourth-order valence-electron chi connectivity index (χ4n) is 2.31. The predicted octanol–water partition coefficient (Wildman–Crippen LogP) is 2.66. The van der Waals surface area contributed by atoms with Crippen molar-refractivity contribution in [3.8, 4) is 11.8 Å². The van der Waals surface area contributed by atoms with Crippen LogP contribution in [0.2, 0.25) is 0 Å². The predicted molar refractivity (Wildman–Crippen MR) is 84.1 cm³/mol. The summed E-state index contributed by atoms with van der Waals surface area (Å²) < 4.78 is 5.37. The number of anilines is 1. The van der Waals surface area contributed by atoms with Crippen molar-refractivity contribution in [1.29, 1.82) is 5.26 Å². The lowest BCUT2D eigenvalue weighted by Gasteiger charge is -2.22. The van der Waals surface area contributed by atoms with Gasteiger partial charge in [-0.3, -0.25) is 0 Å². The van der Waals surface area contributed by atoms with Crippen LogP contribution in [0.5, 0.6) is 5.75 Å². The maximum atomic E-state index is 9.31. The van der Waals surface area contributed by atoms with Gasteiger partial charge in [0, 0.05) is 25.7 Å². The van der Waals surface area contributed by atoms with Gasteiger partial charge in [-0.25, -0.2) is 0 Å². The Balaban J connectivity index is 2.28. The Hall–Kier alpha value is -2.51. The van der Waals surface area contributed by atoms with Gasteiger partial charge in [0.25, 0.3) is 0 Å². The molecule has 0 amide bonds. The van der Waals surface area contributed by atoms with Crippen molar-refractivity contribution >= 4 is 5.69 Å². The van der Waals surface area contributed by atoms with E-state index in [0.29, 0.717) is 18.7 Å². The first-order valence-electron chi connectivity index (χ1n) is 6.75. The average molecular weight is 281 g/mol. The molecule has 2 aromatic carbocycles. The summed E-state index contributed by atoms with van der Waals surface area (Å²) in [5.74, 6) is 0.849. The lowest BCUT2D eigenvalue weighted by molar-refractivity contribution is 0.409. The number of methoxy groups -OCH3 is 1. The highest BCUT2D eigenvalue weighted by atomic mass is 16.5. The van der Waals surface area contributed by atoms with Crippen molar-refractivity contribution < 1.29 is 4.74 Å². The van der Waals surface area contributed by atoms with E-state index in [1.165, 1.54) is 0 Å². The first-order valence-corrected chi connectivity index (χ1v) is 6.75. The monoisotopic (exact) mass is 281 g/mol. The zero-order valence-electron chi connectivity index (χ0n) is 12.3. The third kappa shape index (κ3) is 3.33. The van der Waals surface area contributed by atoms with E-state index >= 15 is 0 Å². The largest absolute Gasteiger partial charge is 0.496 e. The summed E-state index contributed by atoms with van der Waals surface area (Å²) in [5, 5.41) is 9.31. The van der Waals surface area contributed by atoms with Gasteiger partial charge in [-0.1, -0.05) is 24.3 Å². The maximum absolute atomic E-state index is 9.31. The molecule has 21 heavy (non-hydrogen) atoms. The van der Waals surface area contributed by atoms with E-state index in [1.807, 2.05) is 54.4 Å². The fraction of sp³-hybridized carbons (Fsp3) is 0.235. The number of para-hydroxylation sites is 1. The molecule has 0 bridgehead atoms. The Kier molecular flexibility index (Phi) is 4.81. The van der Waals surface area contributed by atoms with Crippen molar-refractivity contribution in [3.63, 3.8) is 0 Å². The molecule has 0 saturated heterocycles.